The first-order valence-corrected chi connectivity index (χ1v) is 10.7. The first-order valence-electron chi connectivity index (χ1n) is 10.7. The molecule has 166 valence electrons. The van der Waals surface area contributed by atoms with Gasteiger partial charge in [-0.3, -0.25) is 9.59 Å². The lowest BCUT2D eigenvalue weighted by Gasteiger charge is -2.35. The molecule has 0 saturated heterocycles. The molecule has 4 aromatic rings. The van der Waals surface area contributed by atoms with Gasteiger partial charge in [-0.2, -0.15) is 5.10 Å². The maximum absolute atomic E-state index is 13.5. The average Bonchev–Trinajstić information content (AvgIpc) is 3.34. The molecule has 1 unspecified atom stereocenters. The molecule has 2 aromatic carbocycles. The number of aromatic amines is 1. The molecule has 0 spiro atoms. The molecule has 0 fully saturated rings. The zero-order valence-electron chi connectivity index (χ0n) is 18.1. The summed E-state index contributed by atoms with van der Waals surface area (Å²) >= 11 is 0. The van der Waals surface area contributed by atoms with E-state index >= 15 is 0 Å². The fraction of sp³-hybridized carbons (Fsp3) is 0.200. The minimum atomic E-state index is -0.355. The summed E-state index contributed by atoms with van der Waals surface area (Å²) in [7, 11) is 1.62. The van der Waals surface area contributed by atoms with E-state index in [9.17, 15) is 9.59 Å². The number of hydrogen-bond acceptors (Lipinski definition) is 5. The van der Waals surface area contributed by atoms with Gasteiger partial charge in [-0.05, 0) is 23.8 Å². The lowest BCUT2D eigenvalue weighted by molar-refractivity contribution is -0.134. The summed E-state index contributed by atoms with van der Waals surface area (Å²) in [6, 6.07) is 20.0. The van der Waals surface area contributed by atoms with Gasteiger partial charge in [0, 0.05) is 30.3 Å². The van der Waals surface area contributed by atoms with Crippen molar-refractivity contribution in [1.29, 1.82) is 0 Å². The molecule has 0 bridgehead atoms. The maximum atomic E-state index is 13.5. The predicted octanol–water partition coefficient (Wildman–Crippen LogP) is 2.82. The largest absolute Gasteiger partial charge is 0.497 e. The number of methoxy groups -OCH3 is 1. The zero-order valence-corrected chi connectivity index (χ0v) is 18.1. The number of benzene rings is 2. The minimum Gasteiger partial charge on any atom is -0.497 e. The summed E-state index contributed by atoms with van der Waals surface area (Å²) in [5, 5.41) is 4.45. The van der Waals surface area contributed by atoms with E-state index in [1.807, 2.05) is 54.6 Å². The Morgan fingerprint density at radius 1 is 1.09 bits per heavy atom. The van der Waals surface area contributed by atoms with Crippen molar-refractivity contribution in [1.82, 2.24) is 24.6 Å². The van der Waals surface area contributed by atoms with Crippen LogP contribution in [0, 0.1) is 0 Å². The van der Waals surface area contributed by atoms with Crippen molar-refractivity contribution in [2.75, 3.05) is 13.7 Å². The normalized spacial score (nSPS) is 15.2. The van der Waals surface area contributed by atoms with E-state index in [-0.39, 0.29) is 24.1 Å². The van der Waals surface area contributed by atoms with Crippen LogP contribution in [-0.2, 0) is 17.8 Å². The van der Waals surface area contributed by atoms with Gasteiger partial charge in [0.2, 0.25) is 5.91 Å². The topological polar surface area (TPSA) is 93.1 Å². The molecule has 0 radical (unpaired) electrons. The summed E-state index contributed by atoms with van der Waals surface area (Å²) in [5.74, 6) is 0.549. The second-order valence-electron chi connectivity index (χ2n) is 7.86. The number of amides is 1. The molecule has 1 N–H and O–H groups in total. The quantitative estimate of drug-likeness (QED) is 0.514. The van der Waals surface area contributed by atoms with E-state index in [2.05, 4.69) is 15.1 Å². The summed E-state index contributed by atoms with van der Waals surface area (Å²) in [6.07, 6.45) is 2.32. The first kappa shape index (κ1) is 20.7. The van der Waals surface area contributed by atoms with E-state index in [0.29, 0.717) is 18.7 Å². The van der Waals surface area contributed by atoms with Gasteiger partial charge >= 0.3 is 0 Å². The molecule has 8 nitrogen and oxygen atoms in total. The van der Waals surface area contributed by atoms with Crippen molar-refractivity contribution < 1.29 is 9.53 Å². The summed E-state index contributed by atoms with van der Waals surface area (Å²) in [5.41, 5.74) is 3.97. The van der Waals surface area contributed by atoms with Crippen LogP contribution in [-0.4, -0.2) is 44.2 Å². The summed E-state index contributed by atoms with van der Waals surface area (Å²) in [6.45, 7) is 0.365. The second kappa shape index (κ2) is 8.74. The van der Waals surface area contributed by atoms with Gasteiger partial charge in [-0.25, -0.2) is 9.67 Å². The standard InChI is InChI=1S/C25H23N5O3/c1-33-19-9-7-18(8-10-19)25-24-21(26-16-27-24)13-14-29(25)23(32)15-30-22(31)12-11-20(28-30)17-5-3-2-4-6-17/h2-12,16,25H,13-15H2,1H3,(H,26,27). The number of hydrogen-bond donors (Lipinski definition) is 1. The third kappa shape index (κ3) is 4.03. The van der Waals surface area contributed by atoms with E-state index in [1.165, 1.54) is 10.7 Å². The number of carbonyl (C=O) groups is 1. The lowest BCUT2D eigenvalue weighted by Crippen LogP contribution is -2.43. The molecular formula is C25H23N5O3. The summed E-state index contributed by atoms with van der Waals surface area (Å²) < 4.78 is 6.51. The predicted molar refractivity (Wildman–Crippen MR) is 123 cm³/mol. The van der Waals surface area contributed by atoms with Gasteiger partial charge in [0.15, 0.2) is 0 Å². The molecule has 0 aliphatic carbocycles. The fourth-order valence-electron chi connectivity index (χ4n) is 4.21. The Balaban J connectivity index is 1.46. The Hall–Kier alpha value is -4.20. The second-order valence-corrected chi connectivity index (χ2v) is 7.86. The highest BCUT2D eigenvalue weighted by Crippen LogP contribution is 2.34. The highest BCUT2D eigenvalue weighted by molar-refractivity contribution is 5.77. The van der Waals surface area contributed by atoms with E-state index in [4.69, 9.17) is 4.74 Å². The van der Waals surface area contributed by atoms with Gasteiger partial charge in [-0.15, -0.1) is 0 Å². The average molecular weight is 441 g/mol. The number of imidazole rings is 1. The third-order valence-electron chi connectivity index (χ3n) is 5.90. The van der Waals surface area contributed by atoms with Crippen molar-refractivity contribution in [2.24, 2.45) is 0 Å². The molecular weight excluding hydrogens is 418 g/mol. The third-order valence-corrected chi connectivity index (χ3v) is 5.90. The van der Waals surface area contributed by atoms with Gasteiger partial charge < -0.3 is 14.6 Å². The van der Waals surface area contributed by atoms with Gasteiger partial charge in [0.05, 0.1) is 24.8 Å². The minimum absolute atomic E-state index is 0.147. The number of nitrogens with one attached hydrogen (secondary N) is 1. The number of H-pyrrole nitrogens is 1. The smallest absolute Gasteiger partial charge is 0.267 e. The SMILES string of the molecule is COc1ccc(C2c3nc[nH]c3CCN2C(=O)Cn2nc(-c3ccccc3)ccc2=O)cc1. The molecule has 5 rings (SSSR count). The van der Waals surface area contributed by atoms with Crippen molar-refractivity contribution in [3.8, 4) is 17.0 Å². The number of ether oxygens (including phenoxy) is 1. The lowest BCUT2D eigenvalue weighted by atomic mass is 9.95. The molecule has 0 saturated carbocycles. The van der Waals surface area contributed by atoms with Gasteiger partial charge in [0.25, 0.3) is 5.56 Å². The maximum Gasteiger partial charge on any atom is 0.267 e. The van der Waals surface area contributed by atoms with Crippen LogP contribution in [0.4, 0.5) is 0 Å². The van der Waals surface area contributed by atoms with Crippen LogP contribution in [0.5, 0.6) is 5.75 Å². The van der Waals surface area contributed by atoms with Crippen molar-refractivity contribution in [3.63, 3.8) is 0 Å². The van der Waals surface area contributed by atoms with E-state index in [1.54, 1.807) is 24.4 Å². The highest BCUT2D eigenvalue weighted by atomic mass is 16.5. The van der Waals surface area contributed by atoms with Crippen molar-refractivity contribution in [2.45, 2.75) is 19.0 Å². The Bertz CT molecular complexity index is 1330. The first-order chi connectivity index (χ1) is 16.1. The highest BCUT2D eigenvalue weighted by Gasteiger charge is 2.34. The molecule has 8 heteroatoms. The molecule has 2 aromatic heterocycles. The van der Waals surface area contributed by atoms with Crippen LogP contribution in [0.15, 0.2) is 77.9 Å². The van der Waals surface area contributed by atoms with E-state index < -0.39 is 0 Å². The Labute approximate surface area is 190 Å². The number of rotatable bonds is 5. The molecule has 33 heavy (non-hydrogen) atoms. The monoisotopic (exact) mass is 441 g/mol. The molecule has 3 heterocycles. The summed E-state index contributed by atoms with van der Waals surface area (Å²) in [4.78, 5) is 35.4. The molecule has 1 aliphatic heterocycles. The molecule has 1 amide bonds. The van der Waals surface area contributed by atoms with Gasteiger partial charge in [0.1, 0.15) is 18.3 Å². The van der Waals surface area contributed by atoms with Crippen LogP contribution in [0.3, 0.4) is 0 Å². The van der Waals surface area contributed by atoms with Crippen LogP contribution >= 0.6 is 0 Å². The van der Waals surface area contributed by atoms with Crippen molar-refractivity contribution >= 4 is 5.91 Å². The van der Waals surface area contributed by atoms with E-state index in [0.717, 1.165) is 28.3 Å². The number of fused-ring (bicyclic) bond motifs is 1. The number of aromatic nitrogens is 4. The molecule has 1 aliphatic rings. The zero-order chi connectivity index (χ0) is 22.8. The molecule has 1 atom stereocenters. The van der Waals surface area contributed by atoms with Crippen LogP contribution in [0.25, 0.3) is 11.3 Å². The number of nitrogens with zero attached hydrogens (tertiary/aromatic N) is 4. The van der Waals surface area contributed by atoms with Crippen LogP contribution < -0.4 is 10.3 Å². The Morgan fingerprint density at radius 3 is 2.64 bits per heavy atom. The van der Waals surface area contributed by atoms with Crippen LogP contribution in [0.2, 0.25) is 0 Å². The Morgan fingerprint density at radius 2 is 1.88 bits per heavy atom. The van der Waals surface area contributed by atoms with Crippen LogP contribution in [0.1, 0.15) is 23.0 Å². The van der Waals surface area contributed by atoms with Gasteiger partial charge in [-0.1, -0.05) is 42.5 Å². The fourth-order valence-corrected chi connectivity index (χ4v) is 4.21. The number of carbonyl (C=O) groups excluding carboxylic acids is 1. The Kier molecular flexibility index (Phi) is 5.48. The van der Waals surface area contributed by atoms with Crippen molar-refractivity contribution in [3.05, 3.63) is 100 Å².